The minimum absolute atomic E-state index is 0.175. The molecule has 0 aliphatic carbocycles. The summed E-state index contributed by atoms with van der Waals surface area (Å²) in [4.78, 5) is 10.8. The van der Waals surface area contributed by atoms with E-state index in [0.29, 0.717) is 0 Å². The van der Waals surface area contributed by atoms with Gasteiger partial charge in [-0.1, -0.05) is 24.3 Å². The number of benzene rings is 3. The van der Waals surface area contributed by atoms with Crippen LogP contribution in [0.4, 0.5) is 15.8 Å². The van der Waals surface area contributed by atoms with E-state index in [1.165, 1.54) is 5.39 Å². The molecule has 1 aliphatic heterocycles. The van der Waals surface area contributed by atoms with Gasteiger partial charge in [-0.05, 0) is 73.9 Å². The first-order valence-electron chi connectivity index (χ1n) is 10.7. The molecule has 5 aromatic rings. The van der Waals surface area contributed by atoms with Gasteiger partial charge in [0.1, 0.15) is 5.82 Å². The Kier molecular flexibility index (Phi) is 4.06. The summed E-state index contributed by atoms with van der Waals surface area (Å²) < 4.78 is 13.9. The molecule has 0 amide bonds. The maximum atomic E-state index is 13.9. The minimum atomic E-state index is -0.175. The Labute approximate surface area is 180 Å². The van der Waals surface area contributed by atoms with Gasteiger partial charge in [-0.2, -0.15) is 0 Å². The van der Waals surface area contributed by atoms with Gasteiger partial charge in [0.15, 0.2) is 0 Å². The van der Waals surface area contributed by atoms with Crippen LogP contribution in [0.3, 0.4) is 0 Å². The molecule has 0 atom stereocenters. The summed E-state index contributed by atoms with van der Waals surface area (Å²) in [5.41, 5.74) is 8.48. The summed E-state index contributed by atoms with van der Waals surface area (Å²) in [5.74, 6) is -0.175. The molecule has 6 rings (SSSR count). The van der Waals surface area contributed by atoms with Crippen molar-refractivity contribution in [3.05, 3.63) is 89.9 Å². The predicted octanol–water partition coefficient (Wildman–Crippen LogP) is 6.91. The monoisotopic (exact) mass is 407 g/mol. The fourth-order valence-corrected chi connectivity index (χ4v) is 4.76. The first kappa shape index (κ1) is 18.1. The average Bonchev–Trinajstić information content (AvgIpc) is 3.16. The average molecular weight is 407 g/mol. The van der Waals surface area contributed by atoms with Gasteiger partial charge in [-0.3, -0.25) is 0 Å². The van der Waals surface area contributed by atoms with Crippen LogP contribution in [0.25, 0.3) is 33.1 Å². The Morgan fingerprint density at radius 3 is 2.74 bits per heavy atom. The van der Waals surface area contributed by atoms with E-state index in [-0.39, 0.29) is 5.82 Å². The molecular formula is C27H22FN3. The van der Waals surface area contributed by atoms with Crippen LogP contribution in [-0.4, -0.2) is 16.5 Å². The van der Waals surface area contributed by atoms with Gasteiger partial charge >= 0.3 is 0 Å². The maximum absolute atomic E-state index is 13.9. The van der Waals surface area contributed by atoms with Crippen LogP contribution in [0.1, 0.15) is 17.7 Å². The van der Waals surface area contributed by atoms with E-state index in [0.717, 1.165) is 69.7 Å². The number of H-pyrrole nitrogens is 1. The third-order valence-electron chi connectivity index (χ3n) is 6.18. The molecule has 152 valence electrons. The third kappa shape index (κ3) is 3.07. The Morgan fingerprint density at radius 1 is 0.903 bits per heavy atom. The number of pyridine rings is 1. The van der Waals surface area contributed by atoms with Gasteiger partial charge in [-0.25, -0.2) is 9.37 Å². The molecule has 1 N–H and O–H groups in total. The molecular weight excluding hydrogens is 385 g/mol. The smallest absolute Gasteiger partial charge is 0.123 e. The van der Waals surface area contributed by atoms with Gasteiger partial charge in [0, 0.05) is 39.8 Å². The largest absolute Gasteiger partial charge is 0.359 e. The molecule has 0 fully saturated rings. The predicted molar refractivity (Wildman–Crippen MR) is 125 cm³/mol. The second-order valence-corrected chi connectivity index (χ2v) is 8.33. The van der Waals surface area contributed by atoms with Crippen molar-refractivity contribution >= 4 is 33.2 Å². The number of aryl methyl sites for hydroxylation is 2. The van der Waals surface area contributed by atoms with Crippen molar-refractivity contribution in [2.75, 3.05) is 11.4 Å². The molecule has 0 bridgehead atoms. The highest BCUT2D eigenvalue weighted by atomic mass is 19.1. The van der Waals surface area contributed by atoms with E-state index in [1.54, 1.807) is 12.1 Å². The highest BCUT2D eigenvalue weighted by Crippen LogP contribution is 2.40. The number of aromatic amines is 1. The van der Waals surface area contributed by atoms with Crippen LogP contribution < -0.4 is 4.90 Å². The van der Waals surface area contributed by atoms with E-state index in [2.05, 4.69) is 59.3 Å². The van der Waals surface area contributed by atoms with Crippen molar-refractivity contribution in [1.82, 2.24) is 9.97 Å². The van der Waals surface area contributed by atoms with E-state index >= 15 is 0 Å². The minimum Gasteiger partial charge on any atom is -0.359 e. The molecule has 0 saturated heterocycles. The topological polar surface area (TPSA) is 31.9 Å². The number of halogens is 1. The second kappa shape index (κ2) is 6.95. The van der Waals surface area contributed by atoms with Crippen LogP contribution in [0.5, 0.6) is 0 Å². The van der Waals surface area contributed by atoms with E-state index < -0.39 is 0 Å². The molecule has 2 aromatic heterocycles. The summed E-state index contributed by atoms with van der Waals surface area (Å²) in [6, 6.07) is 24.2. The normalized spacial score (nSPS) is 13.7. The Hall–Kier alpha value is -3.66. The third-order valence-corrected chi connectivity index (χ3v) is 6.18. The lowest BCUT2D eigenvalue weighted by molar-refractivity contribution is 0.622. The molecule has 0 unspecified atom stereocenters. The number of hydrogen-bond acceptors (Lipinski definition) is 2. The molecule has 4 heteroatoms. The van der Waals surface area contributed by atoms with Crippen molar-refractivity contribution < 1.29 is 4.39 Å². The molecule has 3 heterocycles. The van der Waals surface area contributed by atoms with Crippen molar-refractivity contribution in [3.8, 4) is 11.3 Å². The number of anilines is 2. The lowest BCUT2D eigenvalue weighted by Gasteiger charge is -2.32. The maximum Gasteiger partial charge on any atom is 0.123 e. The number of para-hydroxylation sites is 1. The lowest BCUT2D eigenvalue weighted by Crippen LogP contribution is -2.25. The van der Waals surface area contributed by atoms with Gasteiger partial charge < -0.3 is 9.88 Å². The zero-order valence-electron chi connectivity index (χ0n) is 17.3. The number of nitrogens with zero attached hydrogens (tertiary/aromatic N) is 2. The Morgan fingerprint density at radius 2 is 1.81 bits per heavy atom. The molecule has 3 nitrogen and oxygen atoms in total. The van der Waals surface area contributed by atoms with Crippen molar-refractivity contribution in [3.63, 3.8) is 0 Å². The summed E-state index contributed by atoms with van der Waals surface area (Å²) in [7, 11) is 0. The van der Waals surface area contributed by atoms with Gasteiger partial charge in [0.25, 0.3) is 0 Å². The fourth-order valence-electron chi connectivity index (χ4n) is 4.76. The quantitative estimate of drug-likeness (QED) is 0.345. The number of hydrogen-bond donors (Lipinski definition) is 1. The SMILES string of the molecule is Cc1cc2cc(-c3nc4ccccc4cc3N3CCCc4cc(F)ccc43)ccc2[nH]1. The first-order valence-corrected chi connectivity index (χ1v) is 10.7. The number of nitrogens with one attached hydrogen (secondary N) is 1. The highest BCUT2D eigenvalue weighted by molar-refractivity contribution is 5.94. The van der Waals surface area contributed by atoms with Crippen LogP contribution in [-0.2, 0) is 6.42 Å². The van der Waals surface area contributed by atoms with Crippen LogP contribution in [0.15, 0.2) is 72.8 Å². The van der Waals surface area contributed by atoms with Gasteiger partial charge in [0.05, 0.1) is 16.9 Å². The van der Waals surface area contributed by atoms with E-state index in [4.69, 9.17) is 4.98 Å². The Balaban J connectivity index is 1.60. The fraction of sp³-hybridized carbons (Fsp3) is 0.148. The zero-order chi connectivity index (χ0) is 20.9. The summed E-state index contributed by atoms with van der Waals surface area (Å²) >= 11 is 0. The van der Waals surface area contributed by atoms with Gasteiger partial charge in [-0.15, -0.1) is 0 Å². The van der Waals surface area contributed by atoms with Crippen LogP contribution in [0, 0.1) is 12.7 Å². The van der Waals surface area contributed by atoms with E-state index in [1.807, 2.05) is 18.2 Å². The molecule has 1 aliphatic rings. The molecule has 0 saturated carbocycles. The van der Waals surface area contributed by atoms with E-state index in [9.17, 15) is 4.39 Å². The van der Waals surface area contributed by atoms with Crippen molar-refractivity contribution in [2.45, 2.75) is 19.8 Å². The summed E-state index contributed by atoms with van der Waals surface area (Å²) in [6.45, 7) is 2.96. The molecule has 31 heavy (non-hydrogen) atoms. The van der Waals surface area contributed by atoms with Crippen LogP contribution >= 0.6 is 0 Å². The Bertz CT molecular complexity index is 1450. The highest BCUT2D eigenvalue weighted by Gasteiger charge is 2.23. The summed E-state index contributed by atoms with van der Waals surface area (Å²) in [5, 5.41) is 2.28. The van der Waals surface area contributed by atoms with Gasteiger partial charge in [0.2, 0.25) is 0 Å². The second-order valence-electron chi connectivity index (χ2n) is 8.33. The standard InChI is InChI=1S/C27H22FN3/c1-17-13-21-14-20(8-10-24(21)29-17)27-26(16-18-5-2-3-7-23(18)30-27)31-12-4-6-19-15-22(28)9-11-25(19)31/h2-3,5,7-11,13-16,29H,4,6,12H2,1H3. The van der Waals surface area contributed by atoms with Crippen LogP contribution in [0.2, 0.25) is 0 Å². The van der Waals surface area contributed by atoms with Crippen molar-refractivity contribution in [1.29, 1.82) is 0 Å². The lowest BCUT2D eigenvalue weighted by atomic mass is 9.98. The first-order chi connectivity index (χ1) is 15.2. The summed E-state index contributed by atoms with van der Waals surface area (Å²) in [6.07, 6.45) is 1.88. The number of aromatic nitrogens is 2. The number of fused-ring (bicyclic) bond motifs is 3. The molecule has 0 radical (unpaired) electrons. The molecule has 0 spiro atoms. The molecule has 3 aromatic carbocycles. The zero-order valence-corrected chi connectivity index (χ0v) is 17.3. The van der Waals surface area contributed by atoms with Crippen molar-refractivity contribution in [2.24, 2.45) is 0 Å². The number of rotatable bonds is 2.